The van der Waals surface area contributed by atoms with Crippen molar-refractivity contribution in [3.8, 4) is 22.1 Å². The molecular weight excluding hydrogens is 448 g/mol. The summed E-state index contributed by atoms with van der Waals surface area (Å²) >= 11 is 7.29. The number of amides is 1. The van der Waals surface area contributed by atoms with Crippen LogP contribution in [0.25, 0.3) is 11.1 Å². The standard InChI is InChI=1S/C23H19ClN4O3S/c1-14-7-8-15(11-19(14)24)13-31-23-28-27-22(32-23)26-21(29)17-9-10-25-12-18(17)16-5-3-4-6-20(16)30-2/h3-12H,13H2,1-2H3,(H,26,27,29). The van der Waals surface area contributed by atoms with Crippen LogP contribution in [0.15, 0.2) is 60.9 Å². The highest BCUT2D eigenvalue weighted by Crippen LogP contribution is 2.32. The average molecular weight is 467 g/mol. The number of para-hydroxylation sites is 1. The molecule has 7 nitrogen and oxygen atoms in total. The van der Waals surface area contributed by atoms with Crippen LogP contribution in [0.1, 0.15) is 21.5 Å². The molecule has 0 unspecified atom stereocenters. The lowest BCUT2D eigenvalue weighted by Crippen LogP contribution is -2.13. The van der Waals surface area contributed by atoms with E-state index in [0.717, 1.165) is 28.0 Å². The first-order valence-corrected chi connectivity index (χ1v) is 10.8. The second-order valence-electron chi connectivity index (χ2n) is 6.82. The van der Waals surface area contributed by atoms with Crippen LogP contribution in [-0.2, 0) is 6.61 Å². The van der Waals surface area contributed by atoms with Gasteiger partial charge in [0.25, 0.3) is 11.1 Å². The van der Waals surface area contributed by atoms with Crippen LogP contribution in [0.2, 0.25) is 5.02 Å². The zero-order valence-corrected chi connectivity index (χ0v) is 18.9. The van der Waals surface area contributed by atoms with Gasteiger partial charge in [0.15, 0.2) is 0 Å². The third-order valence-electron chi connectivity index (χ3n) is 4.69. The Labute approximate surface area is 194 Å². The maximum absolute atomic E-state index is 13.0. The fraction of sp³-hybridized carbons (Fsp3) is 0.130. The molecule has 0 saturated carbocycles. The van der Waals surface area contributed by atoms with Crippen molar-refractivity contribution in [3.05, 3.63) is 82.6 Å². The Morgan fingerprint density at radius 2 is 1.97 bits per heavy atom. The van der Waals surface area contributed by atoms with E-state index >= 15 is 0 Å². The van der Waals surface area contributed by atoms with Crippen LogP contribution in [0.5, 0.6) is 10.9 Å². The topological polar surface area (TPSA) is 86.2 Å². The number of ether oxygens (including phenoxy) is 2. The average Bonchev–Trinajstić information content (AvgIpc) is 3.27. The number of hydrogen-bond donors (Lipinski definition) is 1. The summed E-state index contributed by atoms with van der Waals surface area (Å²) in [5, 5.41) is 12.1. The molecule has 0 fully saturated rings. The number of aromatic nitrogens is 3. The highest BCUT2D eigenvalue weighted by atomic mass is 35.5. The Balaban J connectivity index is 1.47. The Kier molecular flexibility index (Phi) is 6.63. The third kappa shape index (κ3) is 4.87. The van der Waals surface area contributed by atoms with Crippen molar-refractivity contribution in [2.75, 3.05) is 12.4 Å². The lowest BCUT2D eigenvalue weighted by Gasteiger charge is -2.11. The van der Waals surface area contributed by atoms with Crippen LogP contribution >= 0.6 is 22.9 Å². The van der Waals surface area contributed by atoms with Crippen molar-refractivity contribution in [3.63, 3.8) is 0 Å². The molecule has 4 rings (SSSR count). The van der Waals surface area contributed by atoms with E-state index in [1.165, 1.54) is 0 Å². The predicted molar refractivity (Wildman–Crippen MR) is 125 cm³/mol. The van der Waals surface area contributed by atoms with Crippen molar-refractivity contribution < 1.29 is 14.3 Å². The fourth-order valence-corrected chi connectivity index (χ4v) is 3.82. The van der Waals surface area contributed by atoms with E-state index in [1.54, 1.807) is 25.6 Å². The van der Waals surface area contributed by atoms with E-state index in [9.17, 15) is 4.79 Å². The van der Waals surface area contributed by atoms with Gasteiger partial charge in [0.05, 0.1) is 12.7 Å². The van der Waals surface area contributed by atoms with E-state index in [1.807, 2.05) is 49.4 Å². The van der Waals surface area contributed by atoms with Crippen molar-refractivity contribution in [1.29, 1.82) is 0 Å². The number of pyridine rings is 1. The van der Waals surface area contributed by atoms with Crippen molar-refractivity contribution in [2.24, 2.45) is 0 Å². The summed E-state index contributed by atoms with van der Waals surface area (Å²) in [7, 11) is 1.59. The normalized spacial score (nSPS) is 10.6. The Morgan fingerprint density at radius 3 is 2.78 bits per heavy atom. The lowest BCUT2D eigenvalue weighted by atomic mass is 10.0. The summed E-state index contributed by atoms with van der Waals surface area (Å²) in [4.78, 5) is 17.1. The minimum absolute atomic E-state index is 0.297. The molecule has 0 aliphatic heterocycles. The van der Waals surface area contributed by atoms with Crippen LogP contribution in [0, 0.1) is 6.92 Å². The van der Waals surface area contributed by atoms with E-state index in [2.05, 4.69) is 20.5 Å². The van der Waals surface area contributed by atoms with E-state index in [-0.39, 0.29) is 5.91 Å². The summed E-state index contributed by atoms with van der Waals surface area (Å²) in [5.41, 5.74) is 3.78. The molecule has 1 N–H and O–H groups in total. The van der Waals surface area contributed by atoms with Gasteiger partial charge < -0.3 is 9.47 Å². The minimum Gasteiger partial charge on any atom is -0.496 e. The van der Waals surface area contributed by atoms with Gasteiger partial charge in [-0.3, -0.25) is 15.1 Å². The number of hydrogen-bond acceptors (Lipinski definition) is 7. The van der Waals surface area contributed by atoms with Gasteiger partial charge in [-0.1, -0.05) is 47.0 Å². The molecule has 0 aliphatic carbocycles. The van der Waals surface area contributed by atoms with Crippen LogP contribution in [0.3, 0.4) is 0 Å². The number of anilines is 1. The number of aryl methyl sites for hydroxylation is 1. The SMILES string of the molecule is COc1ccccc1-c1cnccc1C(=O)Nc1nnc(OCc2ccc(C)c(Cl)c2)s1. The minimum atomic E-state index is -0.332. The smallest absolute Gasteiger partial charge is 0.296 e. The molecule has 2 aromatic carbocycles. The second kappa shape index (κ2) is 9.76. The van der Waals surface area contributed by atoms with Gasteiger partial charge in [0.2, 0.25) is 5.13 Å². The molecular formula is C23H19ClN4O3S. The Morgan fingerprint density at radius 1 is 1.12 bits per heavy atom. The van der Waals surface area contributed by atoms with Crippen molar-refractivity contribution in [2.45, 2.75) is 13.5 Å². The van der Waals surface area contributed by atoms with E-state index in [0.29, 0.717) is 38.8 Å². The highest BCUT2D eigenvalue weighted by molar-refractivity contribution is 7.17. The van der Waals surface area contributed by atoms with Crippen LogP contribution in [0.4, 0.5) is 5.13 Å². The summed E-state index contributed by atoms with van der Waals surface area (Å²) in [6.07, 6.45) is 3.20. The van der Waals surface area contributed by atoms with Gasteiger partial charge in [-0.2, -0.15) is 0 Å². The summed E-state index contributed by atoms with van der Waals surface area (Å²) in [5.74, 6) is 0.318. The number of benzene rings is 2. The first-order valence-electron chi connectivity index (χ1n) is 9.65. The quantitative estimate of drug-likeness (QED) is 0.392. The number of methoxy groups -OCH3 is 1. The number of nitrogens with one attached hydrogen (secondary N) is 1. The predicted octanol–water partition coefficient (Wildman–Crippen LogP) is 5.40. The number of carbonyl (C=O) groups is 1. The van der Waals surface area contributed by atoms with Gasteiger partial charge >= 0.3 is 0 Å². The third-order valence-corrected chi connectivity index (χ3v) is 5.85. The lowest BCUT2D eigenvalue weighted by molar-refractivity contribution is 0.102. The largest absolute Gasteiger partial charge is 0.496 e. The molecule has 0 atom stereocenters. The second-order valence-corrected chi connectivity index (χ2v) is 8.17. The molecule has 0 bridgehead atoms. The number of nitrogens with zero attached hydrogens (tertiary/aromatic N) is 3. The molecule has 9 heteroatoms. The van der Waals surface area contributed by atoms with Crippen molar-refractivity contribution in [1.82, 2.24) is 15.2 Å². The van der Waals surface area contributed by atoms with E-state index in [4.69, 9.17) is 21.1 Å². The highest BCUT2D eigenvalue weighted by Gasteiger charge is 2.17. The van der Waals surface area contributed by atoms with Crippen LogP contribution in [-0.4, -0.2) is 28.2 Å². The molecule has 0 aliphatic rings. The van der Waals surface area contributed by atoms with Gasteiger partial charge in [0, 0.05) is 28.5 Å². The molecule has 162 valence electrons. The van der Waals surface area contributed by atoms with Gasteiger partial charge in [-0.15, -0.1) is 5.10 Å². The zero-order chi connectivity index (χ0) is 22.5. The first-order chi connectivity index (χ1) is 15.5. The maximum atomic E-state index is 13.0. The number of halogens is 1. The zero-order valence-electron chi connectivity index (χ0n) is 17.3. The molecule has 32 heavy (non-hydrogen) atoms. The summed E-state index contributed by atoms with van der Waals surface area (Å²) in [6, 6.07) is 14.8. The Bertz CT molecular complexity index is 1260. The first kappa shape index (κ1) is 21.7. The monoisotopic (exact) mass is 466 g/mol. The molecule has 1 amide bonds. The van der Waals surface area contributed by atoms with Gasteiger partial charge in [-0.05, 0) is 47.6 Å². The van der Waals surface area contributed by atoms with Crippen molar-refractivity contribution >= 4 is 34.0 Å². The molecule has 2 heterocycles. The summed E-state index contributed by atoms with van der Waals surface area (Å²) < 4.78 is 11.1. The number of rotatable bonds is 7. The molecule has 4 aromatic rings. The van der Waals surface area contributed by atoms with Gasteiger partial charge in [0.1, 0.15) is 12.4 Å². The molecule has 2 aromatic heterocycles. The van der Waals surface area contributed by atoms with Gasteiger partial charge in [-0.25, -0.2) is 0 Å². The molecule has 0 saturated heterocycles. The molecule has 0 spiro atoms. The maximum Gasteiger partial charge on any atom is 0.296 e. The summed E-state index contributed by atoms with van der Waals surface area (Å²) in [6.45, 7) is 2.24. The fourth-order valence-electron chi connectivity index (χ4n) is 3.03. The molecule has 0 radical (unpaired) electrons. The Hall–Kier alpha value is -3.49. The van der Waals surface area contributed by atoms with E-state index < -0.39 is 0 Å². The number of carbonyl (C=O) groups excluding carboxylic acids is 1. The van der Waals surface area contributed by atoms with Crippen LogP contribution < -0.4 is 14.8 Å².